The topological polar surface area (TPSA) is 55.8 Å². The van der Waals surface area contributed by atoms with Crippen molar-refractivity contribution in [1.29, 1.82) is 10.5 Å². The van der Waals surface area contributed by atoms with Crippen molar-refractivity contribution < 1.29 is 0 Å². The number of hydrogen-bond donors (Lipinski definition) is 0. The van der Waals surface area contributed by atoms with Gasteiger partial charge in [0.05, 0.1) is 40.0 Å². The number of benzene rings is 10. The minimum absolute atomic E-state index is 0.661. The molecule has 0 unspecified atom stereocenters. The molecule has 0 saturated carbocycles. The van der Waals surface area contributed by atoms with Gasteiger partial charge in [0, 0.05) is 44.2 Å². The first-order chi connectivity index (χ1) is 30.7. The molecule has 288 valence electrons. The lowest BCUT2D eigenvalue weighted by Gasteiger charge is -2.27. The lowest BCUT2D eigenvalue weighted by Crippen LogP contribution is -2.10. The Morgan fingerprint density at radius 1 is 0.323 bits per heavy atom. The molecule has 0 spiro atoms. The van der Waals surface area contributed by atoms with Crippen LogP contribution in [-0.2, 0) is 0 Å². The first kappa shape index (κ1) is 36.4. The van der Waals surface area contributed by atoms with Crippen molar-refractivity contribution >= 4 is 60.4 Å². The van der Waals surface area contributed by atoms with Gasteiger partial charge in [-0.15, -0.1) is 0 Å². The molecule has 62 heavy (non-hydrogen) atoms. The Kier molecular flexibility index (Phi) is 8.89. The van der Waals surface area contributed by atoms with Crippen LogP contribution in [0, 0.1) is 22.7 Å². The van der Waals surface area contributed by atoms with E-state index in [1.165, 1.54) is 21.8 Å². The molecule has 11 aromatic rings. The summed E-state index contributed by atoms with van der Waals surface area (Å²) in [5.41, 5.74) is 14.3. The summed E-state index contributed by atoms with van der Waals surface area (Å²) >= 11 is 0. The minimum Gasteiger partial charge on any atom is -0.310 e. The van der Waals surface area contributed by atoms with E-state index in [0.29, 0.717) is 11.1 Å². The number of nitriles is 2. The number of hydrogen-bond acceptors (Lipinski definition) is 3. The van der Waals surface area contributed by atoms with Crippen molar-refractivity contribution in [1.82, 2.24) is 4.57 Å². The summed E-state index contributed by atoms with van der Waals surface area (Å²) in [5.74, 6) is 0. The third-order valence-corrected chi connectivity index (χ3v) is 12.1. The van der Waals surface area contributed by atoms with Crippen LogP contribution in [0.3, 0.4) is 0 Å². The molecule has 0 N–H and O–H groups in total. The van der Waals surface area contributed by atoms with Gasteiger partial charge in [-0.3, -0.25) is 0 Å². The molecular weight excluding hydrogens is 753 g/mol. The Balaban J connectivity index is 1.07. The second kappa shape index (κ2) is 15.2. The van der Waals surface area contributed by atoms with E-state index in [1.54, 1.807) is 0 Å². The van der Waals surface area contributed by atoms with Gasteiger partial charge in [0.1, 0.15) is 0 Å². The van der Waals surface area contributed by atoms with Crippen LogP contribution in [0.1, 0.15) is 11.1 Å². The zero-order chi connectivity index (χ0) is 41.6. The van der Waals surface area contributed by atoms with E-state index in [-0.39, 0.29) is 0 Å². The Hall–Kier alpha value is -8.70. The highest BCUT2D eigenvalue weighted by Gasteiger charge is 2.19. The van der Waals surface area contributed by atoms with Gasteiger partial charge in [0.2, 0.25) is 0 Å². The maximum atomic E-state index is 9.92. The van der Waals surface area contributed by atoms with Gasteiger partial charge in [-0.2, -0.15) is 10.5 Å². The van der Waals surface area contributed by atoms with Crippen molar-refractivity contribution in [3.63, 3.8) is 0 Å². The molecular formula is C58H36N4. The molecule has 4 heteroatoms. The molecule has 0 saturated heterocycles. The summed E-state index contributed by atoms with van der Waals surface area (Å²) in [5, 5.41) is 26.3. The van der Waals surface area contributed by atoms with E-state index < -0.39 is 0 Å². The predicted molar refractivity (Wildman–Crippen MR) is 256 cm³/mol. The Morgan fingerprint density at radius 2 is 0.774 bits per heavy atom. The average molecular weight is 789 g/mol. The van der Waals surface area contributed by atoms with E-state index in [0.717, 1.165) is 77.7 Å². The highest BCUT2D eigenvalue weighted by molar-refractivity contribution is 6.10. The van der Waals surface area contributed by atoms with Gasteiger partial charge in [-0.05, 0) is 105 Å². The van der Waals surface area contributed by atoms with Crippen molar-refractivity contribution in [3.8, 4) is 51.2 Å². The van der Waals surface area contributed by atoms with Crippen LogP contribution in [0.5, 0.6) is 0 Å². The van der Waals surface area contributed by atoms with Crippen LogP contribution < -0.4 is 4.90 Å². The highest BCUT2D eigenvalue weighted by atomic mass is 15.1. The second-order valence-electron chi connectivity index (χ2n) is 15.5. The normalized spacial score (nSPS) is 11.2. The van der Waals surface area contributed by atoms with Crippen LogP contribution in [-0.4, -0.2) is 4.57 Å². The number of aromatic nitrogens is 1. The molecule has 0 atom stereocenters. The molecule has 0 amide bonds. The summed E-state index contributed by atoms with van der Waals surface area (Å²) in [4.78, 5) is 2.31. The lowest BCUT2D eigenvalue weighted by atomic mass is 9.94. The van der Waals surface area contributed by atoms with Crippen LogP contribution in [0.2, 0.25) is 0 Å². The molecule has 4 nitrogen and oxygen atoms in total. The Bertz CT molecular complexity index is 3420. The van der Waals surface area contributed by atoms with Crippen LogP contribution in [0.25, 0.3) is 82.4 Å². The molecule has 0 bridgehead atoms. The molecule has 0 aliphatic rings. The van der Waals surface area contributed by atoms with E-state index >= 15 is 0 Å². The summed E-state index contributed by atoms with van der Waals surface area (Å²) in [6, 6.07) is 81.1. The van der Waals surface area contributed by atoms with E-state index in [2.05, 4.69) is 191 Å². The molecule has 11 rings (SSSR count). The van der Waals surface area contributed by atoms with Crippen LogP contribution >= 0.6 is 0 Å². The molecule has 0 aliphatic carbocycles. The zero-order valence-electron chi connectivity index (χ0n) is 33.6. The van der Waals surface area contributed by atoms with Gasteiger partial charge in [-0.1, -0.05) is 152 Å². The van der Waals surface area contributed by atoms with Crippen molar-refractivity contribution in [3.05, 3.63) is 230 Å². The Morgan fingerprint density at radius 3 is 1.29 bits per heavy atom. The highest BCUT2D eigenvalue weighted by Crippen LogP contribution is 2.42. The third-order valence-electron chi connectivity index (χ3n) is 12.1. The minimum atomic E-state index is 0.661. The fourth-order valence-electron chi connectivity index (χ4n) is 9.25. The van der Waals surface area contributed by atoms with E-state index in [9.17, 15) is 10.5 Å². The molecule has 1 heterocycles. The van der Waals surface area contributed by atoms with E-state index in [4.69, 9.17) is 0 Å². The number of anilines is 3. The molecule has 10 aromatic carbocycles. The summed E-state index contributed by atoms with van der Waals surface area (Å²) in [6.45, 7) is 0. The smallest absolute Gasteiger partial charge is 0.0998 e. The molecule has 0 radical (unpaired) electrons. The number of rotatable bonds is 7. The standard InChI is InChI=1S/C58H36N4/c59-37-42-29-33-49(52-20-3-1-17-47(42)52)40-13-11-15-45(35-40)61(46-16-12-14-41(36-46)50-34-30-43(38-60)48-18-2-4-21-53(48)50)44-31-27-39(28-32-44)51-19-5-8-24-56(51)62-57-25-9-6-22-54(57)55-23-7-10-26-58(55)62/h1-36H. The maximum absolute atomic E-state index is 9.92. The number of nitrogens with zero attached hydrogens (tertiary/aromatic N) is 4. The second-order valence-corrected chi connectivity index (χ2v) is 15.5. The fraction of sp³-hybridized carbons (Fsp3) is 0. The van der Waals surface area contributed by atoms with Crippen molar-refractivity contribution in [2.24, 2.45) is 0 Å². The van der Waals surface area contributed by atoms with Crippen molar-refractivity contribution in [2.75, 3.05) is 4.90 Å². The fourth-order valence-corrected chi connectivity index (χ4v) is 9.25. The first-order valence-electron chi connectivity index (χ1n) is 20.7. The van der Waals surface area contributed by atoms with Crippen LogP contribution in [0.15, 0.2) is 218 Å². The van der Waals surface area contributed by atoms with Gasteiger partial charge >= 0.3 is 0 Å². The maximum Gasteiger partial charge on any atom is 0.0998 e. The molecule has 1 aromatic heterocycles. The monoisotopic (exact) mass is 788 g/mol. The molecule has 0 aliphatic heterocycles. The first-order valence-corrected chi connectivity index (χ1v) is 20.7. The number of fused-ring (bicyclic) bond motifs is 5. The van der Waals surface area contributed by atoms with Gasteiger partial charge in [-0.25, -0.2) is 0 Å². The van der Waals surface area contributed by atoms with Gasteiger partial charge in [0.25, 0.3) is 0 Å². The largest absolute Gasteiger partial charge is 0.310 e. The molecule has 0 fully saturated rings. The van der Waals surface area contributed by atoms with Gasteiger partial charge < -0.3 is 9.47 Å². The van der Waals surface area contributed by atoms with E-state index in [1.807, 2.05) is 48.5 Å². The predicted octanol–water partition coefficient (Wildman–Crippen LogP) is 15.3. The van der Waals surface area contributed by atoms with Crippen LogP contribution in [0.4, 0.5) is 17.1 Å². The Labute approximate surface area is 359 Å². The lowest BCUT2D eigenvalue weighted by molar-refractivity contribution is 1.18. The zero-order valence-corrected chi connectivity index (χ0v) is 33.6. The van der Waals surface area contributed by atoms with Gasteiger partial charge in [0.15, 0.2) is 0 Å². The average Bonchev–Trinajstić information content (AvgIpc) is 3.68. The summed E-state index contributed by atoms with van der Waals surface area (Å²) in [6.07, 6.45) is 0. The number of para-hydroxylation sites is 3. The summed E-state index contributed by atoms with van der Waals surface area (Å²) in [7, 11) is 0. The third kappa shape index (κ3) is 6.06. The van der Waals surface area contributed by atoms with Crippen molar-refractivity contribution in [2.45, 2.75) is 0 Å². The SMILES string of the molecule is N#Cc1ccc(-c2cccc(N(c3ccc(-c4ccccc4-n4c5ccccc5c5ccccc54)cc3)c3cccc(-c4ccc(C#N)c5ccccc45)c3)c2)c2ccccc12. The quantitative estimate of drug-likeness (QED) is 0.162. The summed E-state index contributed by atoms with van der Waals surface area (Å²) < 4.78 is 2.39.